The second-order valence-electron chi connectivity index (χ2n) is 6.04. The largest absolute Gasteiger partial charge is 0.412 e. The number of benzene rings is 1. The molecule has 0 saturated carbocycles. The van der Waals surface area contributed by atoms with Crippen LogP contribution in [-0.4, -0.2) is 17.1 Å². The van der Waals surface area contributed by atoms with Crippen LogP contribution in [0.4, 0.5) is 23.2 Å². The Balaban J connectivity index is 2.37. The predicted molar refractivity (Wildman–Crippen MR) is 99.8 cm³/mol. The first-order valence-corrected chi connectivity index (χ1v) is 8.31. The number of rotatable bonds is 5. The fourth-order valence-electron chi connectivity index (χ4n) is 2.27. The van der Waals surface area contributed by atoms with Gasteiger partial charge in [-0.2, -0.15) is 13.2 Å². The van der Waals surface area contributed by atoms with Crippen LogP contribution in [0.3, 0.4) is 0 Å². The van der Waals surface area contributed by atoms with Gasteiger partial charge in [0.1, 0.15) is 5.83 Å². The van der Waals surface area contributed by atoms with Crippen LogP contribution in [0.2, 0.25) is 0 Å². The van der Waals surface area contributed by atoms with E-state index in [0.29, 0.717) is 17.3 Å². The number of nitrogens with two attached hydrogens (primary N) is 1. The number of halogens is 4. The maximum absolute atomic E-state index is 14.1. The monoisotopic (exact) mass is 393 g/mol. The number of amides is 1. The summed E-state index contributed by atoms with van der Waals surface area (Å²) < 4.78 is 51.8. The van der Waals surface area contributed by atoms with Crippen molar-refractivity contribution in [2.45, 2.75) is 26.6 Å². The molecule has 148 valence electrons. The molecule has 2 rings (SSSR count). The summed E-state index contributed by atoms with van der Waals surface area (Å²) in [7, 11) is 0. The molecular formula is C20H19F4N3O. The molecule has 0 radical (unpaired) electrons. The molecule has 0 aliphatic heterocycles. The SMILES string of the molecule is C/C(C(=O)Nc1cnc(CN)cc1-c1ccccc1)=C(F)\C=C(/C)C(F)(F)F. The summed E-state index contributed by atoms with van der Waals surface area (Å²) >= 11 is 0. The summed E-state index contributed by atoms with van der Waals surface area (Å²) in [5.41, 5.74) is 6.24. The van der Waals surface area contributed by atoms with Crippen LogP contribution in [0.15, 0.2) is 65.6 Å². The van der Waals surface area contributed by atoms with Gasteiger partial charge in [0.15, 0.2) is 0 Å². The number of nitrogens with one attached hydrogen (secondary N) is 1. The molecule has 0 aliphatic carbocycles. The average Bonchev–Trinajstić information content (AvgIpc) is 2.67. The molecule has 0 atom stereocenters. The second kappa shape index (κ2) is 8.79. The van der Waals surface area contributed by atoms with E-state index in [1.807, 2.05) is 18.2 Å². The number of hydrogen-bond acceptors (Lipinski definition) is 3. The number of allylic oxidation sites excluding steroid dienone is 3. The van der Waals surface area contributed by atoms with Crippen LogP contribution in [0.1, 0.15) is 19.5 Å². The Hall–Kier alpha value is -3.00. The number of nitrogens with zero attached hydrogens (tertiary/aromatic N) is 1. The van der Waals surface area contributed by atoms with E-state index in [-0.39, 0.29) is 12.2 Å². The zero-order chi connectivity index (χ0) is 20.9. The van der Waals surface area contributed by atoms with Gasteiger partial charge in [-0.05, 0) is 31.6 Å². The number of anilines is 1. The van der Waals surface area contributed by atoms with Gasteiger partial charge in [0.2, 0.25) is 0 Å². The lowest BCUT2D eigenvalue weighted by Gasteiger charge is -2.13. The van der Waals surface area contributed by atoms with Crippen molar-refractivity contribution in [1.29, 1.82) is 0 Å². The molecule has 28 heavy (non-hydrogen) atoms. The third kappa shape index (κ3) is 5.26. The van der Waals surface area contributed by atoms with Gasteiger partial charge in [0, 0.05) is 23.3 Å². The Kier molecular flexibility index (Phi) is 6.69. The lowest BCUT2D eigenvalue weighted by Crippen LogP contribution is -2.15. The molecule has 1 aromatic heterocycles. The Morgan fingerprint density at radius 2 is 1.86 bits per heavy atom. The third-order valence-corrected chi connectivity index (χ3v) is 3.99. The molecule has 8 heteroatoms. The molecule has 0 bridgehead atoms. The summed E-state index contributed by atoms with van der Waals surface area (Å²) in [5.74, 6) is -2.14. The second-order valence-corrected chi connectivity index (χ2v) is 6.04. The molecule has 0 fully saturated rings. The van der Waals surface area contributed by atoms with Gasteiger partial charge < -0.3 is 11.1 Å². The number of aromatic nitrogens is 1. The highest BCUT2D eigenvalue weighted by atomic mass is 19.4. The molecule has 1 heterocycles. The van der Waals surface area contributed by atoms with Crippen molar-refractivity contribution in [1.82, 2.24) is 4.98 Å². The maximum atomic E-state index is 14.1. The molecule has 0 saturated heterocycles. The standard InChI is InChI=1S/C20H19F4N3O/c1-12(20(22,23)24)8-17(21)13(2)19(28)27-18-11-26-15(10-25)9-16(18)14-6-4-3-5-7-14/h3-9,11H,10,25H2,1-2H3,(H,27,28)/b12-8+,17-13-. The average molecular weight is 393 g/mol. The van der Waals surface area contributed by atoms with Crippen LogP contribution >= 0.6 is 0 Å². The van der Waals surface area contributed by atoms with Crippen LogP contribution in [0.25, 0.3) is 11.1 Å². The van der Waals surface area contributed by atoms with E-state index in [1.165, 1.54) is 6.20 Å². The minimum atomic E-state index is -4.67. The van der Waals surface area contributed by atoms with Gasteiger partial charge in [-0.1, -0.05) is 30.3 Å². The fraction of sp³-hybridized carbons (Fsp3) is 0.200. The smallest absolute Gasteiger partial charge is 0.325 e. The van der Waals surface area contributed by atoms with E-state index >= 15 is 0 Å². The Morgan fingerprint density at radius 3 is 2.43 bits per heavy atom. The van der Waals surface area contributed by atoms with Gasteiger partial charge in [-0.15, -0.1) is 0 Å². The summed E-state index contributed by atoms with van der Waals surface area (Å²) in [6, 6.07) is 10.7. The first-order valence-electron chi connectivity index (χ1n) is 8.31. The van der Waals surface area contributed by atoms with E-state index in [9.17, 15) is 22.4 Å². The molecule has 0 spiro atoms. The van der Waals surface area contributed by atoms with Gasteiger partial charge in [0.05, 0.1) is 17.6 Å². The first-order chi connectivity index (χ1) is 13.1. The van der Waals surface area contributed by atoms with Crippen molar-refractivity contribution in [2.75, 3.05) is 5.32 Å². The summed E-state index contributed by atoms with van der Waals surface area (Å²) in [6.07, 6.45) is -3.00. The van der Waals surface area contributed by atoms with E-state index in [0.717, 1.165) is 19.4 Å². The van der Waals surface area contributed by atoms with Gasteiger partial charge in [0.25, 0.3) is 5.91 Å². The molecule has 4 nitrogen and oxygen atoms in total. The van der Waals surface area contributed by atoms with Crippen LogP contribution in [0.5, 0.6) is 0 Å². The normalized spacial score (nSPS) is 13.2. The molecule has 2 aromatic rings. The maximum Gasteiger partial charge on any atom is 0.412 e. The van der Waals surface area contributed by atoms with Crippen LogP contribution < -0.4 is 11.1 Å². The highest BCUT2D eigenvalue weighted by Crippen LogP contribution is 2.29. The van der Waals surface area contributed by atoms with Gasteiger partial charge in [-0.3, -0.25) is 9.78 Å². The minimum absolute atomic E-state index is 0.184. The summed E-state index contributed by atoms with van der Waals surface area (Å²) in [5, 5.41) is 2.50. The molecule has 0 aliphatic rings. The van der Waals surface area contributed by atoms with Crippen LogP contribution in [0, 0.1) is 0 Å². The van der Waals surface area contributed by atoms with Gasteiger partial charge in [-0.25, -0.2) is 4.39 Å². The highest BCUT2D eigenvalue weighted by molar-refractivity contribution is 6.05. The fourth-order valence-corrected chi connectivity index (χ4v) is 2.27. The lowest BCUT2D eigenvalue weighted by molar-refractivity contribution is -0.113. The highest BCUT2D eigenvalue weighted by Gasteiger charge is 2.30. The van der Waals surface area contributed by atoms with E-state index in [4.69, 9.17) is 5.73 Å². The van der Waals surface area contributed by atoms with E-state index in [2.05, 4.69) is 10.3 Å². The topological polar surface area (TPSA) is 68.0 Å². The minimum Gasteiger partial charge on any atom is -0.325 e. The Labute approximate surface area is 159 Å². The van der Waals surface area contributed by atoms with Gasteiger partial charge >= 0.3 is 6.18 Å². The van der Waals surface area contributed by atoms with Crippen molar-refractivity contribution in [3.8, 4) is 11.1 Å². The Bertz CT molecular complexity index is 919. The number of hydrogen-bond donors (Lipinski definition) is 2. The van der Waals surface area contributed by atoms with Crippen molar-refractivity contribution in [2.24, 2.45) is 5.73 Å². The number of alkyl halides is 3. The number of pyridine rings is 1. The molecular weight excluding hydrogens is 374 g/mol. The Morgan fingerprint density at radius 1 is 1.21 bits per heavy atom. The predicted octanol–water partition coefficient (Wildman–Crippen LogP) is 4.90. The zero-order valence-corrected chi connectivity index (χ0v) is 15.3. The third-order valence-electron chi connectivity index (χ3n) is 3.99. The summed E-state index contributed by atoms with van der Waals surface area (Å²) in [6.45, 7) is 2.02. The van der Waals surface area contributed by atoms with Crippen molar-refractivity contribution >= 4 is 11.6 Å². The lowest BCUT2D eigenvalue weighted by atomic mass is 10.0. The summed E-state index contributed by atoms with van der Waals surface area (Å²) in [4.78, 5) is 16.5. The molecule has 1 amide bonds. The quantitative estimate of drug-likeness (QED) is 0.431. The van der Waals surface area contributed by atoms with E-state index < -0.39 is 29.1 Å². The van der Waals surface area contributed by atoms with Crippen LogP contribution in [-0.2, 0) is 11.3 Å². The van der Waals surface area contributed by atoms with E-state index in [1.54, 1.807) is 18.2 Å². The number of carbonyl (C=O) groups excluding carboxylic acids is 1. The molecule has 3 N–H and O–H groups in total. The molecule has 1 aromatic carbocycles. The molecule has 0 unspecified atom stereocenters. The van der Waals surface area contributed by atoms with Crippen molar-refractivity contribution in [3.63, 3.8) is 0 Å². The number of carbonyl (C=O) groups is 1. The zero-order valence-electron chi connectivity index (χ0n) is 15.3. The van der Waals surface area contributed by atoms with Crippen molar-refractivity contribution < 1.29 is 22.4 Å². The first kappa shape index (κ1) is 21.3. The van der Waals surface area contributed by atoms with Crippen molar-refractivity contribution in [3.05, 3.63) is 71.3 Å².